The van der Waals surface area contributed by atoms with Gasteiger partial charge in [-0.1, -0.05) is 12.1 Å². The lowest BCUT2D eigenvalue weighted by molar-refractivity contribution is -0.124. The summed E-state index contributed by atoms with van der Waals surface area (Å²) in [6.45, 7) is 1.44. The molecule has 6 heteroatoms. The van der Waals surface area contributed by atoms with E-state index in [-0.39, 0.29) is 23.2 Å². The topological polar surface area (TPSA) is 101 Å². The highest BCUT2D eigenvalue weighted by Crippen LogP contribution is 2.04. The number of hydrogen-bond acceptors (Lipinski definition) is 4. The minimum Gasteiger partial charge on any atom is -0.478 e. The van der Waals surface area contributed by atoms with Gasteiger partial charge >= 0.3 is 5.97 Å². The first kappa shape index (κ1) is 14.6. The number of aromatic carboxylic acids is 1. The average molecular weight is 263 g/mol. The quantitative estimate of drug-likeness (QED) is 0.612. The van der Waals surface area contributed by atoms with Crippen LogP contribution in [0.25, 0.3) is 0 Å². The van der Waals surface area contributed by atoms with Crippen LogP contribution >= 0.6 is 0 Å². The molecule has 1 aliphatic rings. The van der Waals surface area contributed by atoms with E-state index in [1.807, 2.05) is 0 Å². The molecular weight excluding hydrogens is 250 g/mol. The summed E-state index contributed by atoms with van der Waals surface area (Å²) in [7, 11) is 0. The van der Waals surface area contributed by atoms with Gasteiger partial charge in [0, 0.05) is 18.4 Å². The number of ketones is 1. The maximum absolute atomic E-state index is 10.8. The maximum Gasteiger partial charge on any atom is 0.335 e. The molecule has 0 aromatic heterocycles. The predicted octanol–water partition coefficient (Wildman–Crippen LogP) is 1.01. The zero-order valence-electron chi connectivity index (χ0n) is 10.3. The Morgan fingerprint density at radius 1 is 1.00 bits per heavy atom. The van der Waals surface area contributed by atoms with Gasteiger partial charge in [-0.3, -0.25) is 19.7 Å². The third-order valence-electron chi connectivity index (χ3n) is 2.40. The Labute approximate surface area is 109 Å². The molecule has 0 bridgehead atoms. The van der Waals surface area contributed by atoms with Crippen LogP contribution in [-0.2, 0) is 9.59 Å². The van der Waals surface area contributed by atoms with Crippen molar-refractivity contribution in [2.24, 2.45) is 0 Å². The summed E-state index contributed by atoms with van der Waals surface area (Å²) < 4.78 is 0. The van der Waals surface area contributed by atoms with Crippen LogP contribution < -0.4 is 5.32 Å². The van der Waals surface area contributed by atoms with E-state index in [1.54, 1.807) is 0 Å². The lowest BCUT2D eigenvalue weighted by Crippen LogP contribution is -2.18. The lowest BCUT2D eigenvalue weighted by Gasteiger charge is -1.95. The van der Waals surface area contributed by atoms with Gasteiger partial charge in [0.05, 0.1) is 5.56 Å². The normalized spacial score (nSPS) is 13.3. The van der Waals surface area contributed by atoms with E-state index in [9.17, 15) is 19.2 Å². The van der Waals surface area contributed by atoms with Crippen LogP contribution in [0.2, 0.25) is 0 Å². The van der Waals surface area contributed by atoms with Crippen LogP contribution in [0.3, 0.4) is 0 Å². The fourth-order valence-corrected chi connectivity index (χ4v) is 1.36. The molecule has 0 radical (unpaired) electrons. The molecular formula is C13H13NO5. The fourth-order valence-electron chi connectivity index (χ4n) is 1.36. The molecule has 0 aliphatic carbocycles. The van der Waals surface area contributed by atoms with Crippen molar-refractivity contribution in [3.63, 3.8) is 0 Å². The molecule has 1 aliphatic heterocycles. The molecule has 19 heavy (non-hydrogen) atoms. The molecule has 1 heterocycles. The van der Waals surface area contributed by atoms with Gasteiger partial charge in [-0.25, -0.2) is 4.79 Å². The Balaban J connectivity index is 0.000000218. The van der Waals surface area contributed by atoms with Crippen molar-refractivity contribution >= 4 is 23.6 Å². The number of Topliss-reactive ketones (excluding diaryl/α,β-unsaturated/α-hetero) is 1. The van der Waals surface area contributed by atoms with Crippen LogP contribution in [0.5, 0.6) is 0 Å². The smallest absolute Gasteiger partial charge is 0.335 e. The number of carboxylic acids is 1. The Morgan fingerprint density at radius 2 is 1.42 bits per heavy atom. The number of benzene rings is 1. The van der Waals surface area contributed by atoms with E-state index in [1.165, 1.54) is 31.2 Å². The Bertz CT molecular complexity index is 471. The standard InChI is InChI=1S/C9H8O3.C4H5NO2/c1-6(10)7-2-4-8(5-3-7)9(11)12;6-3-1-2-4(7)5-3/h2-5H,1H3,(H,11,12);1-2H2,(H,5,6,7). The molecule has 100 valence electrons. The summed E-state index contributed by atoms with van der Waals surface area (Å²) in [5, 5.41) is 10.7. The highest BCUT2D eigenvalue weighted by molar-refractivity contribution is 6.01. The Kier molecular flexibility index (Phi) is 4.93. The number of carbonyl (C=O) groups excluding carboxylic acids is 3. The van der Waals surface area contributed by atoms with Gasteiger partial charge in [0.25, 0.3) is 0 Å². The van der Waals surface area contributed by atoms with Crippen molar-refractivity contribution in [1.29, 1.82) is 0 Å². The predicted molar refractivity (Wildman–Crippen MR) is 65.8 cm³/mol. The van der Waals surface area contributed by atoms with Crippen LogP contribution in [0.4, 0.5) is 0 Å². The number of rotatable bonds is 2. The van der Waals surface area contributed by atoms with Gasteiger partial charge in [-0.05, 0) is 19.1 Å². The van der Waals surface area contributed by atoms with Crippen LogP contribution in [0.1, 0.15) is 40.5 Å². The third kappa shape index (κ3) is 4.71. The second-order valence-corrected chi connectivity index (χ2v) is 3.91. The second-order valence-electron chi connectivity index (χ2n) is 3.91. The van der Waals surface area contributed by atoms with Crippen LogP contribution in [-0.4, -0.2) is 28.7 Å². The summed E-state index contributed by atoms with van der Waals surface area (Å²) in [6, 6.07) is 5.84. The van der Waals surface area contributed by atoms with Gasteiger partial charge in [0.2, 0.25) is 11.8 Å². The minimum atomic E-state index is -0.981. The summed E-state index contributed by atoms with van der Waals surface area (Å²) in [5.74, 6) is -1.34. The molecule has 2 N–H and O–H groups in total. The summed E-state index contributed by atoms with van der Waals surface area (Å²) in [6.07, 6.45) is 0.748. The van der Waals surface area contributed by atoms with Crippen molar-refractivity contribution in [1.82, 2.24) is 5.32 Å². The highest BCUT2D eigenvalue weighted by atomic mass is 16.4. The number of imide groups is 1. The SMILES string of the molecule is CC(=O)c1ccc(C(=O)O)cc1.O=C1CCC(=O)N1. The first-order valence-corrected chi connectivity index (χ1v) is 5.57. The van der Waals surface area contributed by atoms with Crippen molar-refractivity contribution in [2.75, 3.05) is 0 Å². The first-order valence-electron chi connectivity index (χ1n) is 5.57. The molecule has 6 nitrogen and oxygen atoms in total. The zero-order chi connectivity index (χ0) is 14.4. The van der Waals surface area contributed by atoms with E-state index < -0.39 is 5.97 Å². The third-order valence-corrected chi connectivity index (χ3v) is 2.40. The van der Waals surface area contributed by atoms with Gasteiger partial charge in [-0.15, -0.1) is 0 Å². The molecule has 1 aromatic carbocycles. The molecule has 0 atom stereocenters. The van der Waals surface area contributed by atoms with E-state index in [0.717, 1.165) is 0 Å². The Morgan fingerprint density at radius 3 is 1.68 bits per heavy atom. The molecule has 0 spiro atoms. The van der Waals surface area contributed by atoms with Crippen molar-refractivity contribution in [2.45, 2.75) is 19.8 Å². The number of nitrogens with one attached hydrogen (secondary N) is 1. The first-order chi connectivity index (χ1) is 8.90. The Hall–Kier alpha value is -2.50. The monoisotopic (exact) mass is 263 g/mol. The summed E-state index contributed by atoms with van der Waals surface area (Å²) >= 11 is 0. The van der Waals surface area contributed by atoms with Gasteiger partial charge < -0.3 is 5.11 Å². The number of hydrogen-bond donors (Lipinski definition) is 2. The molecule has 2 amide bonds. The van der Waals surface area contributed by atoms with Gasteiger partial charge in [-0.2, -0.15) is 0 Å². The van der Waals surface area contributed by atoms with Crippen molar-refractivity contribution < 1.29 is 24.3 Å². The van der Waals surface area contributed by atoms with Crippen molar-refractivity contribution in [3.8, 4) is 0 Å². The second kappa shape index (κ2) is 6.44. The molecule has 2 rings (SSSR count). The van der Waals surface area contributed by atoms with Gasteiger partial charge in [0.1, 0.15) is 0 Å². The largest absolute Gasteiger partial charge is 0.478 e. The highest BCUT2D eigenvalue weighted by Gasteiger charge is 2.15. The van der Waals surface area contributed by atoms with E-state index >= 15 is 0 Å². The minimum absolute atomic E-state index is 0.0630. The van der Waals surface area contributed by atoms with Crippen LogP contribution in [0.15, 0.2) is 24.3 Å². The molecule has 0 unspecified atom stereocenters. The van der Waals surface area contributed by atoms with Crippen LogP contribution in [0, 0.1) is 0 Å². The van der Waals surface area contributed by atoms with E-state index in [2.05, 4.69) is 5.32 Å². The summed E-state index contributed by atoms with van der Waals surface area (Å²) in [5.41, 5.74) is 0.722. The zero-order valence-corrected chi connectivity index (χ0v) is 10.3. The van der Waals surface area contributed by atoms with E-state index in [4.69, 9.17) is 5.11 Å². The maximum atomic E-state index is 10.8. The molecule has 0 saturated carbocycles. The van der Waals surface area contributed by atoms with Gasteiger partial charge in [0.15, 0.2) is 5.78 Å². The molecule has 1 aromatic rings. The fraction of sp³-hybridized carbons (Fsp3) is 0.231. The number of carbonyl (C=O) groups is 4. The molecule has 1 fully saturated rings. The number of carboxylic acid groups (broad SMARTS) is 1. The average Bonchev–Trinajstić information content (AvgIpc) is 2.74. The van der Waals surface area contributed by atoms with E-state index in [0.29, 0.717) is 18.4 Å². The summed E-state index contributed by atoms with van der Waals surface area (Å²) in [4.78, 5) is 41.4. The lowest BCUT2D eigenvalue weighted by atomic mass is 10.1. The number of amides is 2. The van der Waals surface area contributed by atoms with Crippen molar-refractivity contribution in [3.05, 3.63) is 35.4 Å². The molecule has 1 saturated heterocycles.